The van der Waals surface area contributed by atoms with E-state index < -0.39 is 29.8 Å². The van der Waals surface area contributed by atoms with Gasteiger partial charge in [0.1, 0.15) is 17.2 Å². The highest BCUT2D eigenvalue weighted by atomic mass is 19.3. The molecule has 0 saturated carbocycles. The van der Waals surface area contributed by atoms with E-state index in [-0.39, 0.29) is 29.2 Å². The van der Waals surface area contributed by atoms with Crippen LogP contribution in [0, 0.1) is 11.6 Å². The summed E-state index contributed by atoms with van der Waals surface area (Å²) in [5.74, 6) is -2.31. The fourth-order valence-electron chi connectivity index (χ4n) is 3.33. The van der Waals surface area contributed by atoms with Gasteiger partial charge < -0.3 is 19.1 Å². The van der Waals surface area contributed by atoms with E-state index >= 15 is 0 Å². The molecule has 0 bridgehead atoms. The number of anilines is 2. The summed E-state index contributed by atoms with van der Waals surface area (Å²) in [6.07, 6.45) is 0. The minimum Gasteiger partial charge on any atom is -0.493 e. The van der Waals surface area contributed by atoms with Crippen molar-refractivity contribution in [3.63, 3.8) is 0 Å². The van der Waals surface area contributed by atoms with E-state index in [1.807, 2.05) is 0 Å². The first-order chi connectivity index (χ1) is 16.5. The van der Waals surface area contributed by atoms with Gasteiger partial charge in [-0.3, -0.25) is 0 Å². The monoisotopic (exact) mass is 491 g/mol. The van der Waals surface area contributed by atoms with Crippen LogP contribution < -0.4 is 14.4 Å². The topological polar surface area (TPSA) is 48.0 Å². The molecule has 0 amide bonds. The van der Waals surface area contributed by atoms with Gasteiger partial charge in [-0.05, 0) is 63.2 Å². The van der Waals surface area contributed by atoms with Crippen LogP contribution in [-0.2, 0) is 11.3 Å². The van der Waals surface area contributed by atoms with E-state index in [0.29, 0.717) is 11.4 Å². The average Bonchev–Trinajstić information content (AvgIpc) is 2.78. The van der Waals surface area contributed by atoms with Crippen LogP contribution in [0.4, 0.5) is 28.9 Å². The number of methoxy groups -OCH3 is 1. The Hall–Kier alpha value is -3.75. The number of carbonyl (C=O) groups excluding carboxylic acids is 1. The molecule has 0 unspecified atom stereocenters. The van der Waals surface area contributed by atoms with Gasteiger partial charge in [0.2, 0.25) is 0 Å². The van der Waals surface area contributed by atoms with Gasteiger partial charge in [0.15, 0.2) is 11.5 Å². The molecule has 0 heterocycles. The molecule has 0 fully saturated rings. The quantitative estimate of drug-likeness (QED) is 0.254. The summed E-state index contributed by atoms with van der Waals surface area (Å²) < 4.78 is 69.6. The van der Waals surface area contributed by atoms with Crippen molar-refractivity contribution in [3.05, 3.63) is 83.4 Å². The summed E-state index contributed by atoms with van der Waals surface area (Å²) in [6.45, 7) is 1.87. The zero-order chi connectivity index (χ0) is 25.8. The molecule has 9 heteroatoms. The molecule has 0 aliphatic rings. The second-order valence-electron chi connectivity index (χ2n) is 8.55. The standard InChI is InChI=1S/C26H25F4NO4/c1-26(2,3)35-24(32)16-7-5-8-17(13-16)31(15-19-20(27)9-6-10-21(19)28)18-11-12-22(34-25(29)30)23(14-18)33-4/h5-14,25H,15H2,1-4H3. The van der Waals surface area contributed by atoms with Crippen molar-refractivity contribution in [2.75, 3.05) is 12.0 Å². The highest BCUT2D eigenvalue weighted by Gasteiger charge is 2.22. The highest BCUT2D eigenvalue weighted by Crippen LogP contribution is 2.37. The number of esters is 1. The Morgan fingerprint density at radius 2 is 1.54 bits per heavy atom. The largest absolute Gasteiger partial charge is 0.493 e. The predicted octanol–water partition coefficient (Wildman–Crippen LogP) is 6.87. The lowest BCUT2D eigenvalue weighted by Crippen LogP contribution is -2.24. The van der Waals surface area contributed by atoms with Crippen LogP contribution in [0.2, 0.25) is 0 Å². The summed E-state index contributed by atoms with van der Waals surface area (Å²) in [6, 6.07) is 13.9. The maximum atomic E-state index is 14.5. The number of ether oxygens (including phenoxy) is 3. The van der Waals surface area contributed by atoms with Crippen LogP contribution in [-0.4, -0.2) is 25.3 Å². The zero-order valence-corrected chi connectivity index (χ0v) is 19.7. The number of nitrogens with zero attached hydrogens (tertiary/aromatic N) is 1. The second kappa shape index (κ2) is 10.7. The van der Waals surface area contributed by atoms with Gasteiger partial charge in [-0.15, -0.1) is 0 Å². The van der Waals surface area contributed by atoms with Crippen LogP contribution in [0.1, 0.15) is 36.7 Å². The zero-order valence-electron chi connectivity index (χ0n) is 19.7. The van der Waals surface area contributed by atoms with Crippen molar-refractivity contribution in [2.24, 2.45) is 0 Å². The fourth-order valence-corrected chi connectivity index (χ4v) is 3.33. The van der Waals surface area contributed by atoms with Gasteiger partial charge in [-0.25, -0.2) is 13.6 Å². The number of halogens is 4. The summed E-state index contributed by atoms with van der Waals surface area (Å²) in [5.41, 5.74) is 0.0351. The number of benzene rings is 3. The molecule has 0 saturated heterocycles. The first-order valence-electron chi connectivity index (χ1n) is 10.6. The van der Waals surface area contributed by atoms with Crippen molar-refractivity contribution < 1.29 is 36.6 Å². The Kier molecular flexibility index (Phi) is 7.89. The Balaban J connectivity index is 2.10. The van der Waals surface area contributed by atoms with Crippen LogP contribution in [0.25, 0.3) is 0 Å². The van der Waals surface area contributed by atoms with Crippen molar-refractivity contribution in [1.29, 1.82) is 0 Å². The predicted molar refractivity (Wildman–Crippen MR) is 123 cm³/mol. The van der Waals surface area contributed by atoms with E-state index in [1.54, 1.807) is 39.0 Å². The second-order valence-corrected chi connectivity index (χ2v) is 8.55. The fraction of sp³-hybridized carbons (Fsp3) is 0.269. The van der Waals surface area contributed by atoms with Gasteiger partial charge >= 0.3 is 12.6 Å². The smallest absolute Gasteiger partial charge is 0.387 e. The normalized spacial score (nSPS) is 11.3. The number of alkyl halides is 2. The molecule has 3 rings (SSSR count). The molecular formula is C26H25F4NO4. The molecule has 0 aliphatic heterocycles. The van der Waals surface area contributed by atoms with E-state index in [1.165, 1.54) is 42.3 Å². The molecule has 186 valence electrons. The third-order valence-electron chi connectivity index (χ3n) is 4.85. The number of hydrogen-bond acceptors (Lipinski definition) is 5. The van der Waals surface area contributed by atoms with Gasteiger partial charge in [-0.1, -0.05) is 12.1 Å². The van der Waals surface area contributed by atoms with Crippen molar-refractivity contribution >= 4 is 17.3 Å². The van der Waals surface area contributed by atoms with Crippen LogP contribution in [0.15, 0.2) is 60.7 Å². The molecule has 3 aromatic rings. The lowest BCUT2D eigenvalue weighted by Gasteiger charge is -2.27. The van der Waals surface area contributed by atoms with Crippen molar-refractivity contribution in [1.82, 2.24) is 0 Å². The molecule has 35 heavy (non-hydrogen) atoms. The lowest BCUT2D eigenvalue weighted by molar-refractivity contribution is -0.0512. The average molecular weight is 491 g/mol. The highest BCUT2D eigenvalue weighted by molar-refractivity contribution is 5.91. The van der Waals surface area contributed by atoms with E-state index in [2.05, 4.69) is 4.74 Å². The molecule has 0 aromatic heterocycles. The number of hydrogen-bond donors (Lipinski definition) is 0. The SMILES string of the molecule is COc1cc(N(Cc2c(F)cccc2F)c2cccc(C(=O)OC(C)(C)C)c2)ccc1OC(F)F. The molecule has 0 N–H and O–H groups in total. The molecule has 0 atom stereocenters. The minimum atomic E-state index is -3.07. The van der Waals surface area contributed by atoms with Gasteiger partial charge in [0.05, 0.1) is 19.2 Å². The third-order valence-corrected chi connectivity index (χ3v) is 4.85. The Bertz CT molecular complexity index is 1170. The first-order valence-corrected chi connectivity index (χ1v) is 10.6. The molecule has 3 aromatic carbocycles. The van der Waals surface area contributed by atoms with Crippen LogP contribution in [0.5, 0.6) is 11.5 Å². The Morgan fingerprint density at radius 1 is 0.914 bits per heavy atom. The number of rotatable bonds is 8. The third kappa shape index (κ3) is 6.65. The molecular weight excluding hydrogens is 466 g/mol. The van der Waals surface area contributed by atoms with Crippen LogP contribution in [0.3, 0.4) is 0 Å². The van der Waals surface area contributed by atoms with E-state index in [0.717, 1.165) is 12.1 Å². The van der Waals surface area contributed by atoms with Gasteiger partial charge in [0, 0.05) is 23.0 Å². The molecule has 5 nitrogen and oxygen atoms in total. The Morgan fingerprint density at radius 3 is 2.14 bits per heavy atom. The van der Waals surface area contributed by atoms with Gasteiger partial charge in [-0.2, -0.15) is 8.78 Å². The summed E-state index contributed by atoms with van der Waals surface area (Å²) in [5, 5.41) is 0. The molecule has 0 spiro atoms. The van der Waals surface area contributed by atoms with Crippen LogP contribution >= 0.6 is 0 Å². The summed E-state index contributed by atoms with van der Waals surface area (Å²) in [4.78, 5) is 14.1. The van der Waals surface area contributed by atoms with E-state index in [4.69, 9.17) is 9.47 Å². The minimum absolute atomic E-state index is 0.00916. The summed E-state index contributed by atoms with van der Waals surface area (Å²) in [7, 11) is 1.28. The van der Waals surface area contributed by atoms with Crippen molar-refractivity contribution in [3.8, 4) is 11.5 Å². The number of carbonyl (C=O) groups is 1. The lowest BCUT2D eigenvalue weighted by atomic mass is 10.1. The molecule has 0 radical (unpaired) electrons. The van der Waals surface area contributed by atoms with E-state index in [9.17, 15) is 22.4 Å². The molecule has 0 aliphatic carbocycles. The van der Waals surface area contributed by atoms with Gasteiger partial charge in [0.25, 0.3) is 0 Å². The maximum absolute atomic E-state index is 14.5. The van der Waals surface area contributed by atoms with Crippen molar-refractivity contribution in [2.45, 2.75) is 39.5 Å². The Labute approximate surface area is 200 Å². The summed E-state index contributed by atoms with van der Waals surface area (Å²) >= 11 is 0. The maximum Gasteiger partial charge on any atom is 0.387 e. The first kappa shape index (κ1) is 25.9.